The minimum atomic E-state index is -1.05. The largest absolute Gasteiger partial charge is 0.478 e. The predicted molar refractivity (Wildman–Crippen MR) is 115 cm³/mol. The number of thiazole rings is 1. The Morgan fingerprint density at radius 3 is 2.72 bits per heavy atom. The fourth-order valence-electron chi connectivity index (χ4n) is 2.69. The van der Waals surface area contributed by atoms with Crippen LogP contribution in [0.1, 0.15) is 52.0 Å². The van der Waals surface area contributed by atoms with Crippen molar-refractivity contribution < 1.29 is 14.7 Å². The van der Waals surface area contributed by atoms with Crippen molar-refractivity contribution in [3.8, 4) is 0 Å². The van der Waals surface area contributed by atoms with Gasteiger partial charge in [-0.05, 0) is 35.3 Å². The Balaban J connectivity index is 1.67. The van der Waals surface area contributed by atoms with E-state index in [4.69, 9.17) is 0 Å². The molecule has 0 unspecified atom stereocenters. The van der Waals surface area contributed by atoms with Crippen LogP contribution in [0, 0.1) is 0 Å². The van der Waals surface area contributed by atoms with Crippen LogP contribution in [0.3, 0.4) is 0 Å². The van der Waals surface area contributed by atoms with Crippen LogP contribution >= 0.6 is 11.3 Å². The van der Waals surface area contributed by atoms with Gasteiger partial charge in [0.1, 0.15) is 5.01 Å². The van der Waals surface area contributed by atoms with Crippen molar-refractivity contribution in [1.29, 1.82) is 0 Å². The normalized spacial score (nSPS) is 11.1. The summed E-state index contributed by atoms with van der Waals surface area (Å²) < 4.78 is 0. The lowest BCUT2D eigenvalue weighted by molar-refractivity contribution is -0.115. The average molecular weight is 407 g/mol. The first-order chi connectivity index (χ1) is 13.9. The van der Waals surface area contributed by atoms with Gasteiger partial charge < -0.3 is 10.4 Å². The molecule has 0 bridgehead atoms. The third kappa shape index (κ3) is 5.58. The van der Waals surface area contributed by atoms with E-state index in [0.717, 1.165) is 16.3 Å². The van der Waals surface area contributed by atoms with E-state index in [1.165, 1.54) is 6.07 Å². The molecule has 1 amide bonds. The van der Waals surface area contributed by atoms with Crippen LogP contribution < -0.4 is 5.32 Å². The van der Waals surface area contributed by atoms with Crippen LogP contribution in [0.2, 0.25) is 0 Å². The highest BCUT2D eigenvalue weighted by Gasteiger charge is 2.12. The molecule has 6 nitrogen and oxygen atoms in total. The van der Waals surface area contributed by atoms with Crippen molar-refractivity contribution in [2.24, 2.45) is 0 Å². The van der Waals surface area contributed by atoms with Crippen LogP contribution in [0.5, 0.6) is 0 Å². The maximum absolute atomic E-state index is 12.4. The zero-order valence-corrected chi connectivity index (χ0v) is 16.9. The van der Waals surface area contributed by atoms with Crippen molar-refractivity contribution in [2.45, 2.75) is 26.2 Å². The Morgan fingerprint density at radius 1 is 1.21 bits per heavy atom. The number of anilines is 1. The zero-order chi connectivity index (χ0) is 20.8. The van der Waals surface area contributed by atoms with Crippen LogP contribution in [-0.2, 0) is 11.2 Å². The van der Waals surface area contributed by atoms with Gasteiger partial charge >= 0.3 is 5.97 Å². The first kappa shape index (κ1) is 20.4. The Labute approximate surface area is 173 Å². The summed E-state index contributed by atoms with van der Waals surface area (Å²) in [7, 11) is 0. The second kappa shape index (κ2) is 9.25. The molecule has 3 rings (SSSR count). The molecular formula is C22H21N3O3S. The maximum atomic E-state index is 12.4. The van der Waals surface area contributed by atoms with Gasteiger partial charge in [-0.25, -0.2) is 9.78 Å². The molecule has 1 aromatic carbocycles. The number of hydrogen-bond acceptors (Lipinski definition) is 5. The first-order valence-corrected chi connectivity index (χ1v) is 10.00. The fourth-order valence-corrected chi connectivity index (χ4v) is 3.56. The molecule has 0 fully saturated rings. The highest BCUT2D eigenvalue weighted by molar-refractivity contribution is 7.10. The molecule has 0 atom stereocenters. The van der Waals surface area contributed by atoms with Crippen molar-refractivity contribution >= 4 is 41.1 Å². The quantitative estimate of drug-likeness (QED) is 0.592. The number of nitrogens with one attached hydrogen (secondary N) is 1. The Hall–Kier alpha value is -3.32. The minimum absolute atomic E-state index is 0.0281. The topological polar surface area (TPSA) is 92.2 Å². The van der Waals surface area contributed by atoms with Crippen molar-refractivity contribution in [3.05, 3.63) is 75.5 Å². The van der Waals surface area contributed by atoms with Gasteiger partial charge in [-0.3, -0.25) is 9.78 Å². The van der Waals surface area contributed by atoms with E-state index >= 15 is 0 Å². The second-order valence-electron chi connectivity index (χ2n) is 6.79. The molecule has 0 aliphatic carbocycles. The lowest BCUT2D eigenvalue weighted by Crippen LogP contribution is -2.16. The van der Waals surface area contributed by atoms with E-state index in [2.05, 4.69) is 29.1 Å². The van der Waals surface area contributed by atoms with Gasteiger partial charge in [-0.15, -0.1) is 11.3 Å². The van der Waals surface area contributed by atoms with Crippen LogP contribution in [0.25, 0.3) is 12.2 Å². The van der Waals surface area contributed by atoms with Gasteiger partial charge in [0.05, 0.1) is 29.6 Å². The number of benzene rings is 1. The van der Waals surface area contributed by atoms with E-state index < -0.39 is 5.97 Å². The Kier molecular flexibility index (Phi) is 6.51. The number of carbonyl (C=O) groups excluding carboxylic acids is 1. The Bertz CT molecular complexity index is 1060. The third-order valence-corrected chi connectivity index (χ3v) is 5.02. The lowest BCUT2D eigenvalue weighted by atomic mass is 10.0. The number of aromatic nitrogens is 2. The van der Waals surface area contributed by atoms with Gasteiger partial charge in [0, 0.05) is 11.6 Å². The molecule has 0 spiro atoms. The number of aromatic carboxylic acids is 1. The monoisotopic (exact) mass is 407 g/mol. The van der Waals surface area contributed by atoms with Crippen LogP contribution in [-0.4, -0.2) is 27.0 Å². The molecule has 2 heterocycles. The van der Waals surface area contributed by atoms with Crippen molar-refractivity contribution in [1.82, 2.24) is 9.97 Å². The summed E-state index contributed by atoms with van der Waals surface area (Å²) in [5.41, 5.74) is 3.03. The molecule has 0 saturated carbocycles. The number of carboxylic acids is 1. The van der Waals surface area contributed by atoms with Crippen LogP contribution in [0.15, 0.2) is 48.1 Å². The first-order valence-electron chi connectivity index (χ1n) is 9.12. The summed E-state index contributed by atoms with van der Waals surface area (Å²) in [6.07, 6.45) is 7.04. The van der Waals surface area contributed by atoms with E-state index in [1.54, 1.807) is 41.9 Å². The number of carbonyl (C=O) groups is 2. The molecule has 0 aliphatic rings. The summed E-state index contributed by atoms with van der Waals surface area (Å²) in [4.78, 5) is 32.4. The number of rotatable bonds is 7. The highest BCUT2D eigenvalue weighted by Crippen LogP contribution is 2.20. The van der Waals surface area contributed by atoms with E-state index in [1.807, 2.05) is 23.6 Å². The number of hydrogen-bond donors (Lipinski definition) is 2. The summed E-state index contributed by atoms with van der Waals surface area (Å²) in [6, 6.07) is 8.28. The predicted octanol–water partition coefficient (Wildman–Crippen LogP) is 4.71. The Morgan fingerprint density at radius 2 is 2.00 bits per heavy atom. The molecule has 0 radical (unpaired) electrons. The molecule has 148 valence electrons. The molecule has 7 heteroatoms. The number of carboxylic acid groups (broad SMARTS) is 1. The average Bonchev–Trinajstić information content (AvgIpc) is 3.16. The highest BCUT2D eigenvalue weighted by atomic mass is 32.1. The molecular weight excluding hydrogens is 386 g/mol. The van der Waals surface area contributed by atoms with Gasteiger partial charge in [0.2, 0.25) is 5.91 Å². The second-order valence-corrected chi connectivity index (χ2v) is 7.68. The van der Waals surface area contributed by atoms with Gasteiger partial charge in [0.15, 0.2) is 0 Å². The smallest absolute Gasteiger partial charge is 0.335 e. The number of nitrogens with zero attached hydrogens (tertiary/aromatic N) is 2. The molecule has 0 aliphatic heterocycles. The maximum Gasteiger partial charge on any atom is 0.335 e. The van der Waals surface area contributed by atoms with Crippen molar-refractivity contribution in [3.63, 3.8) is 0 Å². The molecule has 3 aromatic rings. The minimum Gasteiger partial charge on any atom is -0.478 e. The lowest BCUT2D eigenvalue weighted by Gasteiger charge is -2.08. The zero-order valence-electron chi connectivity index (χ0n) is 16.1. The van der Waals surface area contributed by atoms with Crippen molar-refractivity contribution in [2.75, 3.05) is 5.32 Å². The fraction of sp³-hybridized carbons (Fsp3) is 0.182. The molecule has 2 N–H and O–H groups in total. The summed E-state index contributed by atoms with van der Waals surface area (Å²) >= 11 is 1.58. The van der Waals surface area contributed by atoms with Gasteiger partial charge in [0.25, 0.3) is 0 Å². The van der Waals surface area contributed by atoms with E-state index in [0.29, 0.717) is 17.2 Å². The number of pyridine rings is 1. The SMILES string of the molecule is CC(C)c1csc(C=Cc2cncc(NC(=O)Cc3ccccc3C(=O)O)c2)n1. The third-order valence-electron chi connectivity index (χ3n) is 4.19. The van der Waals surface area contributed by atoms with E-state index in [-0.39, 0.29) is 17.9 Å². The number of amides is 1. The standard InChI is InChI=1S/C22H21N3O3S/c1-14(2)19-13-29-21(25-19)8-7-15-9-17(12-23-11-15)24-20(26)10-16-5-3-4-6-18(16)22(27)28/h3-9,11-14H,10H2,1-2H3,(H,24,26)(H,27,28). The van der Waals surface area contributed by atoms with Gasteiger partial charge in [-0.2, -0.15) is 0 Å². The summed E-state index contributed by atoms with van der Waals surface area (Å²) in [5.74, 6) is -0.965. The molecule has 29 heavy (non-hydrogen) atoms. The summed E-state index contributed by atoms with van der Waals surface area (Å²) in [5, 5.41) is 15.0. The molecule has 2 aromatic heterocycles. The van der Waals surface area contributed by atoms with Crippen LogP contribution in [0.4, 0.5) is 5.69 Å². The van der Waals surface area contributed by atoms with Gasteiger partial charge in [-0.1, -0.05) is 38.1 Å². The molecule has 0 saturated heterocycles. The van der Waals surface area contributed by atoms with E-state index in [9.17, 15) is 14.7 Å². The summed E-state index contributed by atoms with van der Waals surface area (Å²) in [6.45, 7) is 4.21.